The van der Waals surface area contributed by atoms with Crippen LogP contribution in [0.3, 0.4) is 0 Å². The van der Waals surface area contributed by atoms with Gasteiger partial charge in [-0.2, -0.15) is 5.26 Å². The van der Waals surface area contributed by atoms with Gasteiger partial charge in [0.05, 0.1) is 11.6 Å². The van der Waals surface area contributed by atoms with E-state index in [2.05, 4.69) is 0 Å². The molecule has 0 aliphatic rings. The summed E-state index contributed by atoms with van der Waals surface area (Å²) in [5, 5.41) is 36.5. The molecule has 0 bridgehead atoms. The van der Waals surface area contributed by atoms with Gasteiger partial charge >= 0.3 is 0 Å². The minimum absolute atomic E-state index is 0.120. The number of aliphatic hydroxyl groups excluding tert-OH is 2. The minimum atomic E-state index is -1.23. The zero-order chi connectivity index (χ0) is 16.4. The predicted molar refractivity (Wildman–Crippen MR) is 85.1 cm³/mol. The van der Waals surface area contributed by atoms with Gasteiger partial charge in [0, 0.05) is 19.6 Å². The van der Waals surface area contributed by atoms with Crippen LogP contribution >= 0.6 is 0 Å². The third kappa shape index (κ3) is 4.40. The predicted octanol–water partition coefficient (Wildman–Crippen LogP) is 2.18. The molecule has 0 amide bonds. The summed E-state index contributed by atoms with van der Waals surface area (Å²) in [6.07, 6.45) is 0.211. The Balaban J connectivity index is 0.000000745. The van der Waals surface area contributed by atoms with Gasteiger partial charge in [-0.15, -0.1) is 0 Å². The van der Waals surface area contributed by atoms with Gasteiger partial charge in [-0.3, -0.25) is 0 Å². The molecule has 0 aliphatic heterocycles. The van der Waals surface area contributed by atoms with E-state index < -0.39 is 5.60 Å². The van der Waals surface area contributed by atoms with E-state index >= 15 is 0 Å². The molecule has 4 nitrogen and oxygen atoms in total. The highest BCUT2D eigenvalue weighted by molar-refractivity contribution is 5.39. The molecular weight excluding hydrogens is 278 g/mol. The van der Waals surface area contributed by atoms with Crippen LogP contribution in [0, 0.1) is 11.3 Å². The van der Waals surface area contributed by atoms with Gasteiger partial charge < -0.3 is 15.3 Å². The fourth-order valence-corrected chi connectivity index (χ4v) is 2.15. The Morgan fingerprint density at radius 1 is 0.955 bits per heavy atom. The van der Waals surface area contributed by atoms with Crippen molar-refractivity contribution in [2.24, 2.45) is 0 Å². The fraction of sp³-hybridized carbons (Fsp3) is 0.278. The molecular formula is C18H21NO3. The van der Waals surface area contributed by atoms with E-state index in [0.717, 1.165) is 5.56 Å². The van der Waals surface area contributed by atoms with Crippen molar-refractivity contribution in [2.75, 3.05) is 13.2 Å². The molecule has 2 rings (SSSR count). The van der Waals surface area contributed by atoms with Crippen LogP contribution in [0.1, 0.15) is 30.0 Å². The minimum Gasteiger partial charge on any atom is -0.397 e. The number of nitriles is 1. The molecule has 0 aromatic heterocycles. The molecule has 1 atom stereocenters. The summed E-state index contributed by atoms with van der Waals surface area (Å²) >= 11 is 0. The Kier molecular flexibility index (Phi) is 7.27. The number of hydrogen-bond acceptors (Lipinski definition) is 4. The van der Waals surface area contributed by atoms with Crippen LogP contribution in [-0.2, 0) is 5.60 Å². The van der Waals surface area contributed by atoms with E-state index in [4.69, 9.17) is 10.4 Å². The second-order valence-electron chi connectivity index (χ2n) is 4.71. The Morgan fingerprint density at radius 2 is 1.45 bits per heavy atom. The van der Waals surface area contributed by atoms with Crippen LogP contribution in [0.2, 0.25) is 0 Å². The highest BCUT2D eigenvalue weighted by Crippen LogP contribution is 2.32. The number of hydrogen-bond donors (Lipinski definition) is 3. The maximum atomic E-state index is 10.9. The van der Waals surface area contributed by atoms with E-state index in [9.17, 15) is 10.2 Å². The van der Waals surface area contributed by atoms with Gasteiger partial charge in [-0.1, -0.05) is 42.5 Å². The van der Waals surface area contributed by atoms with Crippen LogP contribution in [0.25, 0.3) is 0 Å². The first-order valence-electron chi connectivity index (χ1n) is 7.12. The largest absolute Gasteiger partial charge is 0.397 e. The maximum Gasteiger partial charge on any atom is 0.117 e. The van der Waals surface area contributed by atoms with Crippen molar-refractivity contribution >= 4 is 0 Å². The van der Waals surface area contributed by atoms with Crippen LogP contribution in [-0.4, -0.2) is 28.5 Å². The van der Waals surface area contributed by atoms with Crippen molar-refractivity contribution in [3.8, 4) is 6.07 Å². The summed E-state index contributed by atoms with van der Waals surface area (Å²) in [7, 11) is 0. The number of aliphatic hydroxyl groups is 3. The van der Waals surface area contributed by atoms with Crippen molar-refractivity contribution in [1.29, 1.82) is 5.26 Å². The first kappa shape index (κ1) is 17.9. The van der Waals surface area contributed by atoms with E-state index in [-0.39, 0.29) is 19.6 Å². The van der Waals surface area contributed by atoms with Crippen LogP contribution in [0.5, 0.6) is 0 Å². The molecule has 1 unspecified atom stereocenters. The molecule has 4 heteroatoms. The Bertz CT molecular complexity index is 590. The summed E-state index contributed by atoms with van der Waals surface area (Å²) in [6.45, 7) is 1.81. The second kappa shape index (κ2) is 8.96. The normalized spacial score (nSPS) is 12.5. The average molecular weight is 299 g/mol. The van der Waals surface area contributed by atoms with Crippen LogP contribution in [0.15, 0.2) is 54.6 Å². The lowest BCUT2D eigenvalue weighted by Crippen LogP contribution is -2.28. The lowest BCUT2D eigenvalue weighted by molar-refractivity contribution is 0.0509. The standard InChI is InChI=1S/C16H15NO2.C2H6O/c17-12-13-6-8-15(9-7-13)16(19,10-11-18)14-4-2-1-3-5-14;1-2-3/h1-9,18-19H,10-11H2;3H,2H2,1H3. The molecule has 0 fully saturated rings. The molecule has 0 radical (unpaired) electrons. The summed E-state index contributed by atoms with van der Waals surface area (Å²) in [6, 6.07) is 18.1. The summed E-state index contributed by atoms with van der Waals surface area (Å²) < 4.78 is 0. The Morgan fingerprint density at radius 3 is 1.91 bits per heavy atom. The molecule has 0 aliphatic carbocycles. The molecule has 3 N–H and O–H groups in total. The van der Waals surface area contributed by atoms with E-state index in [1.165, 1.54) is 0 Å². The SMILES string of the molecule is CCO.N#Cc1ccc(C(O)(CCO)c2ccccc2)cc1. The molecule has 0 saturated heterocycles. The van der Waals surface area contributed by atoms with Crippen LogP contribution < -0.4 is 0 Å². The average Bonchev–Trinajstić information content (AvgIpc) is 2.56. The monoisotopic (exact) mass is 299 g/mol. The van der Waals surface area contributed by atoms with Crippen molar-refractivity contribution in [2.45, 2.75) is 18.9 Å². The van der Waals surface area contributed by atoms with Crippen molar-refractivity contribution in [3.63, 3.8) is 0 Å². The Labute approximate surface area is 130 Å². The molecule has 2 aromatic rings. The summed E-state index contributed by atoms with van der Waals surface area (Å²) in [5.41, 5.74) is 0.716. The first-order chi connectivity index (χ1) is 10.6. The zero-order valence-electron chi connectivity index (χ0n) is 12.6. The first-order valence-corrected chi connectivity index (χ1v) is 7.12. The topological polar surface area (TPSA) is 84.5 Å². The van der Waals surface area contributed by atoms with Gasteiger partial charge in [-0.25, -0.2) is 0 Å². The zero-order valence-corrected chi connectivity index (χ0v) is 12.6. The molecule has 0 saturated carbocycles. The number of nitrogens with zero attached hydrogens (tertiary/aromatic N) is 1. The van der Waals surface area contributed by atoms with E-state index in [0.29, 0.717) is 11.1 Å². The third-order valence-electron chi connectivity index (χ3n) is 3.22. The molecule has 0 spiro atoms. The smallest absolute Gasteiger partial charge is 0.117 e. The maximum absolute atomic E-state index is 10.9. The third-order valence-corrected chi connectivity index (χ3v) is 3.22. The van der Waals surface area contributed by atoms with Crippen molar-refractivity contribution in [1.82, 2.24) is 0 Å². The molecule has 0 heterocycles. The highest BCUT2D eigenvalue weighted by atomic mass is 16.3. The van der Waals surface area contributed by atoms with Gasteiger partial charge in [0.1, 0.15) is 5.60 Å². The Hall–Kier alpha value is -2.19. The number of benzene rings is 2. The summed E-state index contributed by atoms with van der Waals surface area (Å²) in [4.78, 5) is 0. The molecule has 2 aromatic carbocycles. The van der Waals surface area contributed by atoms with E-state index in [1.54, 1.807) is 31.2 Å². The number of rotatable bonds is 4. The van der Waals surface area contributed by atoms with E-state index in [1.807, 2.05) is 36.4 Å². The van der Waals surface area contributed by atoms with Gasteiger partial charge in [0.2, 0.25) is 0 Å². The van der Waals surface area contributed by atoms with Crippen molar-refractivity contribution in [3.05, 3.63) is 71.3 Å². The lowest BCUT2D eigenvalue weighted by atomic mass is 9.83. The van der Waals surface area contributed by atoms with Gasteiger partial charge in [0.15, 0.2) is 0 Å². The van der Waals surface area contributed by atoms with Gasteiger partial charge in [-0.05, 0) is 30.2 Å². The highest BCUT2D eigenvalue weighted by Gasteiger charge is 2.30. The summed E-state index contributed by atoms with van der Waals surface area (Å²) in [5.74, 6) is 0. The van der Waals surface area contributed by atoms with Crippen LogP contribution in [0.4, 0.5) is 0 Å². The lowest BCUT2D eigenvalue weighted by Gasteiger charge is -2.28. The fourth-order valence-electron chi connectivity index (χ4n) is 2.15. The quantitative estimate of drug-likeness (QED) is 0.808. The molecule has 116 valence electrons. The van der Waals surface area contributed by atoms with Crippen molar-refractivity contribution < 1.29 is 15.3 Å². The second-order valence-corrected chi connectivity index (χ2v) is 4.71. The van der Waals surface area contributed by atoms with Gasteiger partial charge in [0.25, 0.3) is 0 Å². The molecule has 22 heavy (non-hydrogen) atoms.